The zero-order valence-electron chi connectivity index (χ0n) is 12.3. The van der Waals surface area contributed by atoms with E-state index in [1.165, 1.54) is 0 Å². The summed E-state index contributed by atoms with van der Waals surface area (Å²) in [4.78, 5) is 19.8. The van der Waals surface area contributed by atoms with Gasteiger partial charge in [-0.25, -0.2) is 4.98 Å². The van der Waals surface area contributed by atoms with Crippen molar-refractivity contribution < 1.29 is 0 Å². The number of nitrogens with one attached hydrogen (secondary N) is 1. The van der Waals surface area contributed by atoms with Crippen molar-refractivity contribution in [1.29, 1.82) is 0 Å². The lowest BCUT2D eigenvalue weighted by Crippen LogP contribution is -2.11. The lowest BCUT2D eigenvalue weighted by Gasteiger charge is -2.05. The molecule has 5 heteroatoms. The Labute approximate surface area is 126 Å². The van der Waals surface area contributed by atoms with Gasteiger partial charge in [0, 0.05) is 23.2 Å². The summed E-state index contributed by atoms with van der Waals surface area (Å²) in [6.07, 6.45) is 1.76. The first kappa shape index (κ1) is 12.8. The average molecular weight is 290 g/mol. The third-order valence-electron chi connectivity index (χ3n) is 3.74. The minimum absolute atomic E-state index is 0.126. The van der Waals surface area contributed by atoms with Crippen molar-refractivity contribution in [3.05, 3.63) is 64.2 Å². The van der Waals surface area contributed by atoms with Crippen molar-refractivity contribution in [2.45, 2.75) is 13.8 Å². The highest BCUT2D eigenvalue weighted by Gasteiger charge is 2.10. The fourth-order valence-corrected chi connectivity index (χ4v) is 2.72. The molecular formula is C17H14N4O. The first-order valence-electron chi connectivity index (χ1n) is 7.07. The van der Waals surface area contributed by atoms with Crippen LogP contribution in [0.15, 0.2) is 47.4 Å². The number of H-pyrrole nitrogens is 1. The van der Waals surface area contributed by atoms with Crippen LogP contribution in [0, 0.1) is 13.8 Å². The predicted molar refractivity (Wildman–Crippen MR) is 86.0 cm³/mol. The van der Waals surface area contributed by atoms with Gasteiger partial charge in [0.15, 0.2) is 5.65 Å². The number of benzene rings is 1. The van der Waals surface area contributed by atoms with Crippen molar-refractivity contribution in [3.8, 4) is 11.1 Å². The van der Waals surface area contributed by atoms with Crippen LogP contribution in [0.25, 0.3) is 27.8 Å². The standard InChI is InChI=1S/C17H14N4O/c1-10-4-3-5-12(6-10)14-8-13-9-18-15-7-11(2)20-21(15)16(13)19-17(14)22/h3-9H,1-2H3,(H,19,22). The molecule has 0 saturated carbocycles. The molecule has 4 aromatic rings. The molecule has 0 bridgehead atoms. The smallest absolute Gasteiger partial charge is 0.257 e. The van der Waals surface area contributed by atoms with Crippen LogP contribution in [0.4, 0.5) is 0 Å². The van der Waals surface area contributed by atoms with Gasteiger partial charge in [-0.2, -0.15) is 9.61 Å². The third-order valence-corrected chi connectivity index (χ3v) is 3.74. The van der Waals surface area contributed by atoms with E-state index in [9.17, 15) is 4.79 Å². The number of rotatable bonds is 1. The van der Waals surface area contributed by atoms with Crippen molar-refractivity contribution in [2.75, 3.05) is 0 Å². The van der Waals surface area contributed by atoms with Gasteiger partial charge in [0.25, 0.3) is 5.56 Å². The Balaban J connectivity index is 2.05. The quantitative estimate of drug-likeness (QED) is 0.586. The Morgan fingerprint density at radius 3 is 2.82 bits per heavy atom. The normalized spacial score (nSPS) is 11.4. The molecule has 0 atom stereocenters. The van der Waals surface area contributed by atoms with E-state index in [0.29, 0.717) is 11.2 Å². The summed E-state index contributed by atoms with van der Waals surface area (Å²) in [6.45, 7) is 3.91. The molecule has 0 aliphatic rings. The zero-order chi connectivity index (χ0) is 15.3. The van der Waals surface area contributed by atoms with Gasteiger partial charge in [-0.3, -0.25) is 4.79 Å². The van der Waals surface area contributed by atoms with E-state index in [4.69, 9.17) is 0 Å². The molecule has 0 saturated heterocycles. The maximum absolute atomic E-state index is 12.5. The summed E-state index contributed by atoms with van der Waals surface area (Å²) < 4.78 is 1.67. The van der Waals surface area contributed by atoms with E-state index in [1.807, 2.05) is 50.2 Å². The van der Waals surface area contributed by atoms with E-state index >= 15 is 0 Å². The number of hydrogen-bond donors (Lipinski definition) is 1. The molecule has 0 aliphatic heterocycles. The highest BCUT2D eigenvalue weighted by atomic mass is 16.1. The van der Waals surface area contributed by atoms with Crippen molar-refractivity contribution in [2.24, 2.45) is 0 Å². The topological polar surface area (TPSA) is 63.1 Å². The summed E-state index contributed by atoms with van der Waals surface area (Å²) in [5.41, 5.74) is 4.79. The molecule has 0 fully saturated rings. The molecular weight excluding hydrogens is 276 g/mol. The van der Waals surface area contributed by atoms with Gasteiger partial charge in [0.05, 0.1) is 5.69 Å². The Kier molecular flexibility index (Phi) is 2.63. The molecule has 0 radical (unpaired) electrons. The minimum atomic E-state index is -0.126. The van der Waals surface area contributed by atoms with Gasteiger partial charge < -0.3 is 4.98 Å². The van der Waals surface area contributed by atoms with Crippen LogP contribution in [0.1, 0.15) is 11.3 Å². The number of pyridine rings is 1. The number of hydrogen-bond acceptors (Lipinski definition) is 3. The molecule has 3 heterocycles. The number of fused-ring (bicyclic) bond motifs is 3. The Morgan fingerprint density at radius 1 is 1.14 bits per heavy atom. The summed E-state index contributed by atoms with van der Waals surface area (Å²) in [5, 5.41) is 5.24. The average Bonchev–Trinajstić information content (AvgIpc) is 2.87. The molecule has 0 aliphatic carbocycles. The van der Waals surface area contributed by atoms with E-state index in [0.717, 1.165) is 27.9 Å². The number of aryl methyl sites for hydroxylation is 2. The maximum Gasteiger partial charge on any atom is 0.257 e. The molecule has 5 nitrogen and oxygen atoms in total. The van der Waals surface area contributed by atoms with Crippen molar-refractivity contribution in [3.63, 3.8) is 0 Å². The van der Waals surface area contributed by atoms with Crippen molar-refractivity contribution >= 4 is 16.7 Å². The van der Waals surface area contributed by atoms with Crippen LogP contribution in [0.5, 0.6) is 0 Å². The summed E-state index contributed by atoms with van der Waals surface area (Å²) >= 11 is 0. The number of nitrogens with zero attached hydrogens (tertiary/aromatic N) is 3. The Hall–Kier alpha value is -2.95. The van der Waals surface area contributed by atoms with Crippen LogP contribution >= 0.6 is 0 Å². The molecule has 22 heavy (non-hydrogen) atoms. The molecule has 1 N–H and O–H groups in total. The van der Waals surface area contributed by atoms with Gasteiger partial charge in [-0.15, -0.1) is 0 Å². The molecule has 0 amide bonds. The molecule has 1 aromatic carbocycles. The minimum Gasteiger partial charge on any atom is -0.306 e. The Bertz CT molecular complexity index is 1080. The summed E-state index contributed by atoms with van der Waals surface area (Å²) in [6, 6.07) is 11.6. The van der Waals surface area contributed by atoms with Crippen LogP contribution < -0.4 is 5.56 Å². The lowest BCUT2D eigenvalue weighted by atomic mass is 10.0. The number of aromatic amines is 1. The fourth-order valence-electron chi connectivity index (χ4n) is 2.72. The summed E-state index contributed by atoms with van der Waals surface area (Å²) in [5.74, 6) is 0. The first-order valence-corrected chi connectivity index (χ1v) is 7.07. The molecule has 0 unspecified atom stereocenters. The van der Waals surface area contributed by atoms with Crippen LogP contribution in [-0.4, -0.2) is 19.6 Å². The van der Waals surface area contributed by atoms with E-state index in [1.54, 1.807) is 10.7 Å². The van der Waals surface area contributed by atoms with Crippen LogP contribution in [-0.2, 0) is 0 Å². The van der Waals surface area contributed by atoms with E-state index < -0.39 is 0 Å². The van der Waals surface area contributed by atoms with Crippen LogP contribution in [0.3, 0.4) is 0 Å². The molecule has 3 aromatic heterocycles. The predicted octanol–water partition coefficient (Wildman–Crippen LogP) is 2.85. The lowest BCUT2D eigenvalue weighted by molar-refractivity contribution is 0.936. The van der Waals surface area contributed by atoms with Gasteiger partial charge in [-0.05, 0) is 25.5 Å². The zero-order valence-corrected chi connectivity index (χ0v) is 12.3. The molecule has 0 spiro atoms. The van der Waals surface area contributed by atoms with E-state index in [-0.39, 0.29) is 5.56 Å². The maximum atomic E-state index is 12.5. The van der Waals surface area contributed by atoms with Crippen molar-refractivity contribution in [1.82, 2.24) is 19.6 Å². The van der Waals surface area contributed by atoms with Crippen LogP contribution in [0.2, 0.25) is 0 Å². The molecule has 4 rings (SSSR count). The fraction of sp³-hybridized carbons (Fsp3) is 0.118. The highest BCUT2D eigenvalue weighted by molar-refractivity contribution is 5.82. The van der Waals surface area contributed by atoms with Gasteiger partial charge >= 0.3 is 0 Å². The number of aromatic nitrogens is 4. The SMILES string of the molecule is Cc1cccc(-c2cc3cnc4cc(C)nn4c3[nH]c2=O)c1. The second-order valence-corrected chi connectivity index (χ2v) is 5.50. The Morgan fingerprint density at radius 2 is 2.00 bits per heavy atom. The first-order chi connectivity index (χ1) is 10.6. The van der Waals surface area contributed by atoms with Gasteiger partial charge in [0.1, 0.15) is 5.65 Å². The second kappa shape index (κ2) is 4.53. The highest BCUT2D eigenvalue weighted by Crippen LogP contribution is 2.20. The van der Waals surface area contributed by atoms with Gasteiger partial charge in [-0.1, -0.05) is 29.8 Å². The second-order valence-electron chi connectivity index (χ2n) is 5.50. The largest absolute Gasteiger partial charge is 0.306 e. The van der Waals surface area contributed by atoms with Gasteiger partial charge in [0.2, 0.25) is 0 Å². The monoisotopic (exact) mass is 290 g/mol. The third kappa shape index (κ3) is 1.90. The van der Waals surface area contributed by atoms with E-state index in [2.05, 4.69) is 15.1 Å². The summed E-state index contributed by atoms with van der Waals surface area (Å²) in [7, 11) is 0. The molecule has 108 valence electrons.